The average molecular weight is 387 g/mol. The topological polar surface area (TPSA) is 56.8 Å². The number of nitrogens with zero attached hydrogens (tertiary/aromatic N) is 2. The molecule has 1 unspecified atom stereocenters. The zero-order valence-corrected chi connectivity index (χ0v) is 17.1. The highest BCUT2D eigenvalue weighted by molar-refractivity contribution is 5.88. The van der Waals surface area contributed by atoms with Crippen LogP contribution < -0.4 is 10.7 Å². The summed E-state index contributed by atoms with van der Waals surface area (Å²) in [6.45, 7) is 8.40. The molecule has 28 heavy (non-hydrogen) atoms. The number of likely N-dealkylation sites (tertiary alicyclic amines) is 1. The predicted octanol–water partition coefficient (Wildman–Crippen LogP) is 1.87. The molecule has 1 atom stereocenters. The van der Waals surface area contributed by atoms with E-state index in [4.69, 9.17) is 4.74 Å². The number of hydrazine groups is 1. The van der Waals surface area contributed by atoms with Gasteiger partial charge in [-0.3, -0.25) is 15.1 Å². The number of hydrogen-bond donors (Lipinski definition) is 2. The second-order valence-corrected chi connectivity index (χ2v) is 8.40. The molecule has 0 aliphatic carbocycles. The van der Waals surface area contributed by atoms with Gasteiger partial charge in [0.25, 0.3) is 0 Å². The maximum Gasteiger partial charge on any atom is 0.245 e. The first-order chi connectivity index (χ1) is 13.7. The maximum atomic E-state index is 13.5. The minimum Gasteiger partial charge on any atom is -0.358 e. The van der Waals surface area contributed by atoms with Gasteiger partial charge in [-0.05, 0) is 37.7 Å². The summed E-state index contributed by atoms with van der Waals surface area (Å²) in [5.41, 5.74) is 3.69. The molecule has 2 N–H and O–H groups in total. The first kappa shape index (κ1) is 19.8. The van der Waals surface area contributed by atoms with E-state index in [1.807, 2.05) is 18.2 Å². The van der Waals surface area contributed by atoms with E-state index in [1.54, 1.807) is 0 Å². The van der Waals surface area contributed by atoms with Crippen LogP contribution in [0.25, 0.3) is 0 Å². The van der Waals surface area contributed by atoms with Crippen LogP contribution in [0.5, 0.6) is 0 Å². The Balaban J connectivity index is 1.53. The zero-order valence-electron chi connectivity index (χ0n) is 17.1. The first-order valence-corrected chi connectivity index (χ1v) is 10.9. The molecular formula is C22H34N4O2. The fourth-order valence-electron chi connectivity index (χ4n) is 5.08. The molecule has 3 aliphatic heterocycles. The number of piperidine rings is 1. The van der Waals surface area contributed by atoms with Gasteiger partial charge in [0.15, 0.2) is 0 Å². The van der Waals surface area contributed by atoms with Gasteiger partial charge in [-0.2, -0.15) is 0 Å². The fourth-order valence-corrected chi connectivity index (χ4v) is 5.08. The van der Waals surface area contributed by atoms with Gasteiger partial charge in [-0.15, -0.1) is 0 Å². The molecule has 154 valence electrons. The normalized spacial score (nSPS) is 28.9. The monoisotopic (exact) mass is 386 g/mol. The van der Waals surface area contributed by atoms with Crippen LogP contribution in [0.15, 0.2) is 30.3 Å². The minimum absolute atomic E-state index is 0.161. The van der Waals surface area contributed by atoms with E-state index in [1.165, 1.54) is 0 Å². The molecule has 0 spiro atoms. The van der Waals surface area contributed by atoms with Crippen molar-refractivity contribution in [1.29, 1.82) is 0 Å². The van der Waals surface area contributed by atoms with Crippen LogP contribution in [0, 0.1) is 0 Å². The van der Waals surface area contributed by atoms with Crippen molar-refractivity contribution in [3.05, 3.63) is 35.9 Å². The number of amides is 1. The van der Waals surface area contributed by atoms with Gasteiger partial charge in [0, 0.05) is 39.3 Å². The molecule has 4 rings (SSSR count). The van der Waals surface area contributed by atoms with Crippen LogP contribution in [0.2, 0.25) is 0 Å². The third-order valence-electron chi connectivity index (χ3n) is 6.92. The van der Waals surface area contributed by atoms with Crippen LogP contribution in [-0.4, -0.2) is 67.4 Å². The van der Waals surface area contributed by atoms with E-state index in [9.17, 15) is 4.79 Å². The van der Waals surface area contributed by atoms with E-state index < -0.39 is 5.41 Å². The van der Waals surface area contributed by atoms with Crippen molar-refractivity contribution < 1.29 is 9.53 Å². The lowest BCUT2D eigenvalue weighted by molar-refractivity contribution is -0.182. The fraction of sp³-hybridized carbons (Fsp3) is 0.682. The molecule has 3 aliphatic rings. The molecular weight excluding hydrogens is 352 g/mol. The van der Waals surface area contributed by atoms with Crippen LogP contribution in [0.1, 0.15) is 44.6 Å². The quantitative estimate of drug-likeness (QED) is 0.809. The lowest BCUT2D eigenvalue weighted by Gasteiger charge is -2.51. The van der Waals surface area contributed by atoms with Crippen molar-refractivity contribution in [2.75, 3.05) is 45.9 Å². The van der Waals surface area contributed by atoms with Gasteiger partial charge in [0.2, 0.25) is 5.91 Å². The molecule has 0 aromatic heterocycles. The number of rotatable bonds is 5. The average Bonchev–Trinajstić information content (AvgIpc) is 3.28. The van der Waals surface area contributed by atoms with E-state index in [0.717, 1.165) is 83.5 Å². The molecule has 0 saturated carbocycles. The summed E-state index contributed by atoms with van der Waals surface area (Å²) in [6.07, 6.45) is 4.92. The summed E-state index contributed by atoms with van der Waals surface area (Å²) >= 11 is 0. The lowest BCUT2D eigenvalue weighted by atomic mass is 9.71. The summed E-state index contributed by atoms with van der Waals surface area (Å²) in [5.74, 6) is 0.161. The van der Waals surface area contributed by atoms with Crippen molar-refractivity contribution in [3.8, 4) is 0 Å². The van der Waals surface area contributed by atoms with Gasteiger partial charge < -0.3 is 10.1 Å². The van der Waals surface area contributed by atoms with E-state index in [0.29, 0.717) is 0 Å². The molecule has 0 bridgehead atoms. The summed E-state index contributed by atoms with van der Waals surface area (Å²) in [6, 6.07) is 10.4. The molecule has 3 fully saturated rings. The minimum atomic E-state index is -0.461. The number of ether oxygens (including phenoxy) is 1. The Morgan fingerprint density at radius 3 is 2.46 bits per heavy atom. The van der Waals surface area contributed by atoms with E-state index in [2.05, 4.69) is 39.7 Å². The number of morpholine rings is 1. The Labute approximate surface area is 168 Å². The number of benzene rings is 1. The smallest absolute Gasteiger partial charge is 0.245 e. The summed E-state index contributed by atoms with van der Waals surface area (Å²) in [5, 5.41) is 5.59. The Bertz CT molecular complexity index is 646. The highest BCUT2D eigenvalue weighted by Crippen LogP contribution is 2.39. The Hall–Kier alpha value is -1.47. The molecule has 3 saturated heterocycles. The molecule has 0 radical (unpaired) electrons. The summed E-state index contributed by atoms with van der Waals surface area (Å²) in [4.78, 5) is 16.0. The van der Waals surface area contributed by atoms with Crippen LogP contribution in [0.4, 0.5) is 0 Å². The van der Waals surface area contributed by atoms with Gasteiger partial charge in [0.1, 0.15) is 5.72 Å². The SMILES string of the molecule is CCC1(N2CCC(C(=O)NN3CCCC3)(c3ccccc3)CC2)CNCCO1. The van der Waals surface area contributed by atoms with Gasteiger partial charge in [-0.25, -0.2) is 5.01 Å². The molecule has 1 amide bonds. The molecule has 6 heteroatoms. The number of carbonyl (C=O) groups is 1. The second-order valence-electron chi connectivity index (χ2n) is 8.40. The van der Waals surface area contributed by atoms with Gasteiger partial charge in [0.05, 0.1) is 12.0 Å². The Morgan fingerprint density at radius 2 is 1.86 bits per heavy atom. The van der Waals surface area contributed by atoms with Gasteiger partial charge in [-0.1, -0.05) is 37.3 Å². The third-order valence-corrected chi connectivity index (χ3v) is 6.92. The number of hydrogen-bond acceptors (Lipinski definition) is 5. The molecule has 3 heterocycles. The van der Waals surface area contributed by atoms with Crippen molar-refractivity contribution in [3.63, 3.8) is 0 Å². The van der Waals surface area contributed by atoms with Crippen LogP contribution >= 0.6 is 0 Å². The Kier molecular flexibility index (Phi) is 6.01. The molecule has 1 aromatic rings. The lowest BCUT2D eigenvalue weighted by Crippen LogP contribution is -2.64. The van der Waals surface area contributed by atoms with Gasteiger partial charge >= 0.3 is 0 Å². The van der Waals surface area contributed by atoms with E-state index >= 15 is 0 Å². The van der Waals surface area contributed by atoms with Crippen molar-refractivity contribution in [1.82, 2.24) is 20.7 Å². The Morgan fingerprint density at radius 1 is 1.14 bits per heavy atom. The largest absolute Gasteiger partial charge is 0.358 e. The number of nitrogens with one attached hydrogen (secondary N) is 2. The summed E-state index contributed by atoms with van der Waals surface area (Å²) in [7, 11) is 0. The highest BCUT2D eigenvalue weighted by atomic mass is 16.5. The highest BCUT2D eigenvalue weighted by Gasteiger charge is 2.48. The second kappa shape index (κ2) is 8.49. The van der Waals surface area contributed by atoms with Crippen LogP contribution in [-0.2, 0) is 14.9 Å². The summed E-state index contributed by atoms with van der Waals surface area (Å²) < 4.78 is 6.25. The zero-order chi connectivity index (χ0) is 19.5. The van der Waals surface area contributed by atoms with Crippen molar-refractivity contribution in [2.45, 2.75) is 50.2 Å². The van der Waals surface area contributed by atoms with Crippen LogP contribution in [0.3, 0.4) is 0 Å². The maximum absolute atomic E-state index is 13.5. The van der Waals surface area contributed by atoms with Crippen molar-refractivity contribution in [2.24, 2.45) is 0 Å². The molecule has 6 nitrogen and oxygen atoms in total. The molecule has 1 aromatic carbocycles. The first-order valence-electron chi connectivity index (χ1n) is 10.9. The van der Waals surface area contributed by atoms with Crippen molar-refractivity contribution >= 4 is 5.91 Å². The third kappa shape index (κ3) is 3.71. The number of carbonyl (C=O) groups excluding carboxylic acids is 1. The predicted molar refractivity (Wildman–Crippen MR) is 110 cm³/mol. The van der Waals surface area contributed by atoms with E-state index in [-0.39, 0.29) is 11.6 Å². The standard InChI is InChI=1S/C22H34N4O2/c1-2-22(18-23-12-17-28-22)25-15-10-21(11-16-25,19-8-4-3-5-9-19)20(27)24-26-13-6-7-14-26/h3-5,8-9,23H,2,6-7,10-18H2,1H3,(H,24,27).